The minimum absolute atomic E-state index is 0.255. The van der Waals surface area contributed by atoms with E-state index in [1.165, 1.54) is 20.8 Å². The van der Waals surface area contributed by atoms with Crippen LogP contribution in [0.3, 0.4) is 0 Å². The van der Waals surface area contributed by atoms with Gasteiger partial charge in [0.05, 0.1) is 6.20 Å². The second-order valence-electron chi connectivity index (χ2n) is 4.99. The van der Waals surface area contributed by atoms with Crippen LogP contribution in [-0.2, 0) is 4.74 Å². The molecule has 0 bridgehead atoms. The van der Waals surface area contributed by atoms with E-state index in [4.69, 9.17) is 27.9 Å². The average Bonchev–Trinajstić information content (AvgIpc) is 2.26. The fourth-order valence-electron chi connectivity index (χ4n) is 1.25. The van der Waals surface area contributed by atoms with Crippen molar-refractivity contribution in [2.45, 2.75) is 32.5 Å². The Labute approximate surface area is 129 Å². The quantitative estimate of drug-likeness (QED) is 0.757. The van der Waals surface area contributed by atoms with Gasteiger partial charge >= 0.3 is 12.3 Å². The predicted molar refractivity (Wildman–Crippen MR) is 71.7 cm³/mol. The first-order valence-corrected chi connectivity index (χ1v) is 6.40. The normalized spacial score (nSPS) is 12.2. The summed E-state index contributed by atoms with van der Waals surface area (Å²) in [6.07, 6.45) is -4.91. The van der Waals surface area contributed by atoms with Crippen molar-refractivity contribution in [3.05, 3.63) is 16.5 Å². The lowest BCUT2D eigenvalue weighted by molar-refractivity contribution is -0.119. The number of alkyl halides is 3. The summed E-state index contributed by atoms with van der Waals surface area (Å²) in [5, 5.41) is -0.598. The third-order valence-electron chi connectivity index (χ3n) is 1.90. The average molecular weight is 346 g/mol. The second kappa shape index (κ2) is 6.23. The Morgan fingerprint density at radius 2 is 1.90 bits per heavy atom. The molecule has 1 heterocycles. The van der Waals surface area contributed by atoms with Gasteiger partial charge in [-0.1, -0.05) is 11.6 Å². The van der Waals surface area contributed by atoms with Gasteiger partial charge in [-0.25, -0.2) is 9.78 Å². The van der Waals surface area contributed by atoms with E-state index in [9.17, 15) is 18.0 Å². The van der Waals surface area contributed by atoms with Gasteiger partial charge in [-0.3, -0.25) is 4.90 Å². The number of anilines is 1. The fraction of sp³-hybridized carbons (Fsp3) is 0.545. The molecule has 5 nitrogen and oxygen atoms in total. The smallest absolute Gasteiger partial charge is 0.416 e. The summed E-state index contributed by atoms with van der Waals surface area (Å²) < 4.78 is 42.9. The molecule has 10 heteroatoms. The van der Waals surface area contributed by atoms with Crippen LogP contribution in [0.1, 0.15) is 20.8 Å². The molecule has 1 aromatic heterocycles. The van der Waals surface area contributed by atoms with Crippen molar-refractivity contribution in [3.8, 4) is 0 Å². The fourth-order valence-corrected chi connectivity index (χ4v) is 1.57. The van der Waals surface area contributed by atoms with Crippen LogP contribution in [0.25, 0.3) is 0 Å². The zero-order chi connectivity index (χ0) is 16.4. The lowest BCUT2D eigenvalue weighted by Crippen LogP contribution is -2.43. The number of ether oxygens (including phenoxy) is 1. The Bertz CT molecular complexity index is 532. The molecular formula is C11H12Cl2F3N3O2. The third kappa shape index (κ3) is 5.92. The number of halogens is 5. The van der Waals surface area contributed by atoms with E-state index in [2.05, 4.69) is 9.97 Å². The number of rotatable bonds is 2. The highest BCUT2D eigenvalue weighted by Gasteiger charge is 2.37. The van der Waals surface area contributed by atoms with Crippen LogP contribution >= 0.6 is 23.2 Å². The molecule has 0 aliphatic rings. The highest BCUT2D eigenvalue weighted by molar-refractivity contribution is 6.34. The standard InChI is InChI=1S/C11H12Cl2F3N3O2/c1-10(2,3)21-9(20)19(5-11(14,15)16)7-6(12)4-17-8(13)18-7/h4H,5H2,1-3H3. The maximum atomic E-state index is 12.6. The van der Waals surface area contributed by atoms with Crippen molar-refractivity contribution in [2.75, 3.05) is 11.4 Å². The first-order chi connectivity index (χ1) is 9.39. The minimum atomic E-state index is -4.67. The van der Waals surface area contributed by atoms with Gasteiger partial charge < -0.3 is 4.74 Å². The molecule has 1 rings (SSSR count). The molecule has 0 atom stereocenters. The zero-order valence-corrected chi connectivity index (χ0v) is 12.8. The van der Waals surface area contributed by atoms with Gasteiger partial charge in [0.2, 0.25) is 5.28 Å². The van der Waals surface area contributed by atoms with Crippen LogP contribution in [0.5, 0.6) is 0 Å². The van der Waals surface area contributed by atoms with Crippen molar-refractivity contribution in [3.63, 3.8) is 0 Å². The Kier molecular flexibility index (Phi) is 5.27. The van der Waals surface area contributed by atoms with Crippen molar-refractivity contribution < 1.29 is 22.7 Å². The highest BCUT2D eigenvalue weighted by atomic mass is 35.5. The van der Waals surface area contributed by atoms with E-state index in [0.717, 1.165) is 6.20 Å². The molecule has 0 fully saturated rings. The molecule has 0 saturated carbocycles. The van der Waals surface area contributed by atoms with Gasteiger partial charge in [-0.05, 0) is 32.4 Å². The summed E-state index contributed by atoms with van der Waals surface area (Å²) >= 11 is 11.3. The van der Waals surface area contributed by atoms with Crippen molar-refractivity contribution in [2.24, 2.45) is 0 Å². The summed E-state index contributed by atoms with van der Waals surface area (Å²) in [7, 11) is 0. The van der Waals surface area contributed by atoms with Crippen LogP contribution in [-0.4, -0.2) is 34.4 Å². The van der Waals surface area contributed by atoms with Gasteiger partial charge in [0.25, 0.3) is 0 Å². The van der Waals surface area contributed by atoms with Crippen LogP contribution in [0.15, 0.2) is 6.20 Å². The van der Waals surface area contributed by atoms with Crippen molar-refractivity contribution in [1.82, 2.24) is 9.97 Å². The monoisotopic (exact) mass is 345 g/mol. The maximum absolute atomic E-state index is 12.6. The number of carbonyl (C=O) groups excluding carboxylic acids is 1. The molecule has 0 aromatic carbocycles. The first-order valence-electron chi connectivity index (χ1n) is 5.64. The summed E-state index contributed by atoms with van der Waals surface area (Å²) in [6, 6.07) is 0. The third-order valence-corrected chi connectivity index (χ3v) is 2.35. The Morgan fingerprint density at radius 1 is 1.33 bits per heavy atom. The molecule has 118 valence electrons. The molecule has 1 aromatic rings. The van der Waals surface area contributed by atoms with E-state index in [-0.39, 0.29) is 15.2 Å². The number of amides is 1. The van der Waals surface area contributed by atoms with Crippen LogP contribution in [0, 0.1) is 0 Å². The predicted octanol–water partition coefficient (Wildman–Crippen LogP) is 4.09. The number of aromatic nitrogens is 2. The van der Waals surface area contributed by atoms with Gasteiger partial charge in [-0.15, -0.1) is 0 Å². The summed E-state index contributed by atoms with van der Waals surface area (Å²) in [6.45, 7) is 2.94. The Morgan fingerprint density at radius 3 is 2.38 bits per heavy atom. The SMILES string of the molecule is CC(C)(C)OC(=O)N(CC(F)(F)F)c1nc(Cl)ncc1Cl. The van der Waals surface area contributed by atoms with Gasteiger partial charge in [0, 0.05) is 0 Å². The Hall–Kier alpha value is -1.28. The van der Waals surface area contributed by atoms with Crippen LogP contribution in [0.2, 0.25) is 10.3 Å². The number of carbonyl (C=O) groups is 1. The molecule has 0 spiro atoms. The van der Waals surface area contributed by atoms with E-state index in [0.29, 0.717) is 0 Å². The van der Waals surface area contributed by atoms with Gasteiger partial charge in [0.1, 0.15) is 17.2 Å². The topological polar surface area (TPSA) is 55.3 Å². The molecule has 21 heavy (non-hydrogen) atoms. The van der Waals surface area contributed by atoms with E-state index in [1.54, 1.807) is 0 Å². The molecular weight excluding hydrogens is 334 g/mol. The summed E-state index contributed by atoms with van der Waals surface area (Å²) in [5.41, 5.74) is -0.982. The molecule has 0 aliphatic heterocycles. The molecule has 0 radical (unpaired) electrons. The zero-order valence-electron chi connectivity index (χ0n) is 11.3. The van der Waals surface area contributed by atoms with E-state index in [1.807, 2.05) is 0 Å². The maximum Gasteiger partial charge on any atom is 0.416 e. The second-order valence-corrected chi connectivity index (χ2v) is 5.74. The largest absolute Gasteiger partial charge is 0.443 e. The molecule has 0 aliphatic carbocycles. The number of nitrogens with zero attached hydrogens (tertiary/aromatic N) is 3. The molecule has 1 amide bonds. The number of hydrogen-bond donors (Lipinski definition) is 0. The van der Waals surface area contributed by atoms with Crippen LogP contribution in [0.4, 0.5) is 23.8 Å². The van der Waals surface area contributed by atoms with E-state index >= 15 is 0 Å². The minimum Gasteiger partial charge on any atom is -0.443 e. The summed E-state index contributed by atoms with van der Waals surface area (Å²) in [4.78, 5) is 19.3. The van der Waals surface area contributed by atoms with Crippen LogP contribution < -0.4 is 4.90 Å². The summed E-state index contributed by atoms with van der Waals surface area (Å²) in [5.74, 6) is -0.469. The van der Waals surface area contributed by atoms with Gasteiger partial charge in [0.15, 0.2) is 5.82 Å². The van der Waals surface area contributed by atoms with Crippen molar-refractivity contribution in [1.29, 1.82) is 0 Å². The Balaban J connectivity index is 3.19. The molecule has 0 saturated heterocycles. The lowest BCUT2D eigenvalue weighted by Gasteiger charge is -2.27. The lowest BCUT2D eigenvalue weighted by atomic mass is 10.2. The van der Waals surface area contributed by atoms with E-state index < -0.39 is 30.2 Å². The molecule has 0 unspecified atom stereocenters. The molecule has 0 N–H and O–H groups in total. The first kappa shape index (κ1) is 17.8. The van der Waals surface area contributed by atoms with Crippen molar-refractivity contribution >= 4 is 35.1 Å². The number of hydrogen-bond acceptors (Lipinski definition) is 4. The highest BCUT2D eigenvalue weighted by Crippen LogP contribution is 2.28. The van der Waals surface area contributed by atoms with Gasteiger partial charge in [-0.2, -0.15) is 18.2 Å².